The molecule has 1 aliphatic heterocycles. The molecule has 1 aromatic carbocycles. The lowest BCUT2D eigenvalue weighted by molar-refractivity contribution is 0.0951. The Hall–Kier alpha value is -1.06. The Labute approximate surface area is 104 Å². The van der Waals surface area contributed by atoms with Crippen LogP contribution in [0, 0.1) is 19.8 Å². The predicted octanol–water partition coefficient (Wildman–Crippen LogP) is 2.41. The number of rotatable bonds is 3. The summed E-state index contributed by atoms with van der Waals surface area (Å²) in [5.74, 6) is 5.74. The summed E-state index contributed by atoms with van der Waals surface area (Å²) in [4.78, 5) is 7.26. The van der Waals surface area contributed by atoms with E-state index in [9.17, 15) is 0 Å². The van der Waals surface area contributed by atoms with Gasteiger partial charge in [-0.3, -0.25) is 0 Å². The molecular formula is C14H22N2O. The first-order chi connectivity index (χ1) is 8.20. The van der Waals surface area contributed by atoms with Gasteiger partial charge in [0, 0.05) is 24.7 Å². The highest BCUT2D eigenvalue weighted by Gasteiger charge is 2.21. The second-order valence-electron chi connectivity index (χ2n) is 5.08. The number of piperidine rings is 1. The molecule has 94 valence electrons. The van der Waals surface area contributed by atoms with Crippen LogP contribution in [0.2, 0.25) is 0 Å². The number of aryl methyl sites for hydroxylation is 2. The molecule has 0 saturated carbocycles. The summed E-state index contributed by atoms with van der Waals surface area (Å²) in [6.07, 6.45) is 2.44. The second kappa shape index (κ2) is 5.52. The number of hydrogen-bond acceptors (Lipinski definition) is 3. The molecule has 1 heterocycles. The minimum Gasteiger partial charge on any atom is -0.371 e. The zero-order valence-electron chi connectivity index (χ0n) is 10.8. The average Bonchev–Trinajstić information content (AvgIpc) is 2.33. The Bertz CT molecular complexity index is 376. The smallest absolute Gasteiger partial charge is 0.0724 e. The highest BCUT2D eigenvalue weighted by Crippen LogP contribution is 2.27. The fourth-order valence-electron chi connectivity index (χ4n) is 2.62. The lowest BCUT2D eigenvalue weighted by Gasteiger charge is -2.35. The average molecular weight is 234 g/mol. The summed E-state index contributed by atoms with van der Waals surface area (Å²) in [6, 6.07) is 6.65. The van der Waals surface area contributed by atoms with Gasteiger partial charge >= 0.3 is 0 Å². The molecule has 1 atom stereocenters. The van der Waals surface area contributed by atoms with Crippen molar-refractivity contribution < 1.29 is 4.84 Å². The van der Waals surface area contributed by atoms with Crippen LogP contribution in [-0.4, -0.2) is 19.7 Å². The third-order valence-corrected chi connectivity index (χ3v) is 3.56. The fraction of sp³-hybridized carbons (Fsp3) is 0.571. The standard InChI is InChI=1S/C14H22N2O/c1-11-5-6-12(2)14(8-11)16-7-3-4-13(9-16)10-17-15/h5-6,8,13H,3-4,7,9-10,15H2,1-2H3. The number of anilines is 1. The predicted molar refractivity (Wildman–Crippen MR) is 71.0 cm³/mol. The number of nitrogens with two attached hydrogens (primary N) is 1. The summed E-state index contributed by atoms with van der Waals surface area (Å²) in [7, 11) is 0. The van der Waals surface area contributed by atoms with Gasteiger partial charge in [0.2, 0.25) is 0 Å². The summed E-state index contributed by atoms with van der Waals surface area (Å²) in [5.41, 5.74) is 4.04. The molecule has 3 heteroatoms. The SMILES string of the molecule is Cc1ccc(C)c(N2CCCC(CON)C2)c1. The summed E-state index contributed by atoms with van der Waals surface area (Å²) in [5, 5.41) is 0. The topological polar surface area (TPSA) is 38.5 Å². The van der Waals surface area contributed by atoms with Crippen LogP contribution >= 0.6 is 0 Å². The Morgan fingerprint density at radius 2 is 2.24 bits per heavy atom. The molecule has 2 rings (SSSR count). The summed E-state index contributed by atoms with van der Waals surface area (Å²) >= 11 is 0. The molecular weight excluding hydrogens is 212 g/mol. The second-order valence-corrected chi connectivity index (χ2v) is 5.08. The van der Waals surface area contributed by atoms with Crippen LogP contribution in [0.1, 0.15) is 24.0 Å². The molecule has 1 saturated heterocycles. The van der Waals surface area contributed by atoms with Crippen LogP contribution in [0.15, 0.2) is 18.2 Å². The van der Waals surface area contributed by atoms with E-state index in [-0.39, 0.29) is 0 Å². The maximum atomic E-state index is 5.18. The minimum absolute atomic E-state index is 0.564. The lowest BCUT2D eigenvalue weighted by Crippen LogP contribution is -2.38. The maximum absolute atomic E-state index is 5.18. The summed E-state index contributed by atoms with van der Waals surface area (Å²) < 4.78 is 0. The first-order valence-electron chi connectivity index (χ1n) is 6.34. The first-order valence-corrected chi connectivity index (χ1v) is 6.34. The molecule has 0 bridgehead atoms. The van der Waals surface area contributed by atoms with Gasteiger partial charge in [0.15, 0.2) is 0 Å². The Balaban J connectivity index is 2.13. The quantitative estimate of drug-likeness (QED) is 0.816. The van der Waals surface area contributed by atoms with E-state index in [1.54, 1.807) is 0 Å². The number of nitrogens with zero attached hydrogens (tertiary/aromatic N) is 1. The van der Waals surface area contributed by atoms with E-state index >= 15 is 0 Å². The molecule has 1 aliphatic rings. The Morgan fingerprint density at radius 3 is 3.00 bits per heavy atom. The van der Waals surface area contributed by atoms with Crippen molar-refractivity contribution in [2.45, 2.75) is 26.7 Å². The van der Waals surface area contributed by atoms with Gasteiger partial charge in [-0.1, -0.05) is 12.1 Å². The van der Waals surface area contributed by atoms with Gasteiger partial charge in [0.25, 0.3) is 0 Å². The Morgan fingerprint density at radius 1 is 1.41 bits per heavy atom. The molecule has 1 aromatic rings. The molecule has 17 heavy (non-hydrogen) atoms. The van der Waals surface area contributed by atoms with Crippen LogP contribution in [0.25, 0.3) is 0 Å². The van der Waals surface area contributed by atoms with Gasteiger partial charge in [-0.25, -0.2) is 5.90 Å². The molecule has 0 amide bonds. The van der Waals surface area contributed by atoms with E-state index in [2.05, 4.69) is 36.9 Å². The molecule has 0 spiro atoms. The van der Waals surface area contributed by atoms with Crippen molar-refractivity contribution in [2.24, 2.45) is 11.8 Å². The van der Waals surface area contributed by atoms with Crippen LogP contribution < -0.4 is 10.8 Å². The van der Waals surface area contributed by atoms with E-state index in [4.69, 9.17) is 10.7 Å². The largest absolute Gasteiger partial charge is 0.371 e. The van der Waals surface area contributed by atoms with Crippen molar-refractivity contribution in [3.8, 4) is 0 Å². The molecule has 0 radical (unpaired) electrons. The molecule has 0 aliphatic carbocycles. The van der Waals surface area contributed by atoms with Gasteiger partial charge in [-0.15, -0.1) is 0 Å². The third kappa shape index (κ3) is 2.99. The van der Waals surface area contributed by atoms with E-state index in [1.165, 1.54) is 29.7 Å². The maximum Gasteiger partial charge on any atom is 0.0724 e. The van der Waals surface area contributed by atoms with E-state index in [1.807, 2.05) is 0 Å². The first kappa shape index (κ1) is 12.4. The van der Waals surface area contributed by atoms with Crippen molar-refractivity contribution in [3.63, 3.8) is 0 Å². The Kier molecular flexibility index (Phi) is 4.02. The highest BCUT2D eigenvalue weighted by atomic mass is 16.6. The van der Waals surface area contributed by atoms with Crippen molar-refractivity contribution in [3.05, 3.63) is 29.3 Å². The number of benzene rings is 1. The van der Waals surface area contributed by atoms with Crippen LogP contribution in [0.4, 0.5) is 5.69 Å². The number of hydrogen-bond donors (Lipinski definition) is 1. The molecule has 1 fully saturated rings. The van der Waals surface area contributed by atoms with E-state index in [0.717, 1.165) is 13.1 Å². The van der Waals surface area contributed by atoms with Gasteiger partial charge < -0.3 is 9.74 Å². The van der Waals surface area contributed by atoms with Crippen molar-refractivity contribution in [1.29, 1.82) is 0 Å². The van der Waals surface area contributed by atoms with Crippen molar-refractivity contribution >= 4 is 5.69 Å². The minimum atomic E-state index is 0.564. The lowest BCUT2D eigenvalue weighted by atomic mass is 9.97. The van der Waals surface area contributed by atoms with Crippen LogP contribution in [-0.2, 0) is 4.84 Å². The monoisotopic (exact) mass is 234 g/mol. The van der Waals surface area contributed by atoms with Gasteiger partial charge in [0.05, 0.1) is 6.61 Å². The summed E-state index contributed by atoms with van der Waals surface area (Å²) in [6.45, 7) is 7.19. The normalized spacial score (nSPS) is 20.6. The fourth-order valence-corrected chi connectivity index (χ4v) is 2.62. The van der Waals surface area contributed by atoms with Gasteiger partial charge in [-0.05, 0) is 43.9 Å². The zero-order chi connectivity index (χ0) is 12.3. The van der Waals surface area contributed by atoms with Crippen LogP contribution in [0.3, 0.4) is 0 Å². The third-order valence-electron chi connectivity index (χ3n) is 3.56. The highest BCUT2D eigenvalue weighted by molar-refractivity contribution is 5.55. The van der Waals surface area contributed by atoms with Crippen molar-refractivity contribution in [2.75, 3.05) is 24.6 Å². The van der Waals surface area contributed by atoms with Gasteiger partial charge in [0.1, 0.15) is 0 Å². The molecule has 3 nitrogen and oxygen atoms in total. The molecule has 0 aromatic heterocycles. The van der Waals surface area contributed by atoms with Crippen LogP contribution in [0.5, 0.6) is 0 Å². The molecule has 1 unspecified atom stereocenters. The van der Waals surface area contributed by atoms with Gasteiger partial charge in [-0.2, -0.15) is 0 Å². The molecule has 2 N–H and O–H groups in total. The zero-order valence-corrected chi connectivity index (χ0v) is 10.8. The van der Waals surface area contributed by atoms with E-state index in [0.29, 0.717) is 12.5 Å². The van der Waals surface area contributed by atoms with Crippen molar-refractivity contribution in [1.82, 2.24) is 0 Å². The van der Waals surface area contributed by atoms with E-state index < -0.39 is 0 Å².